The third-order valence-corrected chi connectivity index (χ3v) is 12.4. The van der Waals surface area contributed by atoms with Crippen LogP contribution < -0.4 is 20.3 Å². The molecule has 0 unspecified atom stereocenters. The van der Waals surface area contributed by atoms with Crippen LogP contribution in [0.1, 0.15) is 0 Å². The van der Waals surface area contributed by atoms with Crippen molar-refractivity contribution in [1.82, 2.24) is 9.13 Å². The fraction of sp³-hybridized carbons (Fsp3) is 0. The first-order valence-electron chi connectivity index (χ1n) is 20.2. The summed E-state index contributed by atoms with van der Waals surface area (Å²) in [5, 5.41) is 4.99. The van der Waals surface area contributed by atoms with E-state index in [-0.39, 0.29) is 6.92 Å². The molecule has 2 aromatic heterocycles. The van der Waals surface area contributed by atoms with Gasteiger partial charge in [0.2, 0.25) is 0 Å². The second-order valence-electron chi connectivity index (χ2n) is 15.6. The monoisotopic (exact) mass is 752 g/mol. The molecule has 0 spiro atoms. The van der Waals surface area contributed by atoms with Gasteiger partial charge in [-0.3, -0.25) is 0 Å². The van der Waals surface area contributed by atoms with Gasteiger partial charge in [0, 0.05) is 49.3 Å². The van der Waals surface area contributed by atoms with Crippen molar-refractivity contribution in [2.75, 3.05) is 0 Å². The maximum Gasteiger partial charge on any atom is 0.434 e. The summed E-state index contributed by atoms with van der Waals surface area (Å²) in [6.07, 6.45) is 0. The Balaban J connectivity index is 0.925. The molecule has 0 aliphatic carbocycles. The van der Waals surface area contributed by atoms with Crippen LogP contribution in [0, 0.1) is 0 Å². The van der Waals surface area contributed by atoms with Crippen molar-refractivity contribution in [3.8, 4) is 62.0 Å². The minimum atomic E-state index is -0.333. The topological polar surface area (TPSA) is 28.3 Å². The van der Waals surface area contributed by atoms with Gasteiger partial charge in [-0.1, -0.05) is 140 Å². The van der Waals surface area contributed by atoms with Crippen LogP contribution >= 0.6 is 0 Å². The fourth-order valence-corrected chi connectivity index (χ4v) is 9.82. The lowest BCUT2D eigenvalue weighted by molar-refractivity contribution is 0.479. The van der Waals surface area contributed by atoms with Gasteiger partial charge in [0.25, 0.3) is 0 Å². The molecule has 2 aliphatic heterocycles. The van der Waals surface area contributed by atoms with Gasteiger partial charge in [0.15, 0.2) is 0 Å². The summed E-state index contributed by atoms with van der Waals surface area (Å²) in [6, 6.07) is 71.8. The van der Waals surface area contributed by atoms with Crippen molar-refractivity contribution >= 4 is 61.5 Å². The molecule has 0 radical (unpaired) electrons. The average molecular weight is 753 g/mol. The Morgan fingerprint density at radius 3 is 1.64 bits per heavy atom. The van der Waals surface area contributed by atoms with Crippen molar-refractivity contribution in [2.24, 2.45) is 0 Å². The largest absolute Gasteiger partial charge is 0.551 e. The molecule has 9 aromatic carbocycles. The van der Waals surface area contributed by atoms with Gasteiger partial charge in [0.1, 0.15) is 17.2 Å². The third kappa shape index (κ3) is 4.73. The number of benzene rings is 9. The van der Waals surface area contributed by atoms with Crippen LogP contribution in [0.25, 0.3) is 88.4 Å². The third-order valence-electron chi connectivity index (χ3n) is 12.4. The highest BCUT2D eigenvalue weighted by Crippen LogP contribution is 2.43. The lowest BCUT2D eigenvalue weighted by atomic mass is 9.50. The van der Waals surface area contributed by atoms with Crippen molar-refractivity contribution in [3.63, 3.8) is 0 Å². The van der Waals surface area contributed by atoms with Gasteiger partial charge in [-0.05, 0) is 82.9 Å². The number of aromatic nitrogens is 2. The van der Waals surface area contributed by atoms with Gasteiger partial charge in [-0.25, -0.2) is 0 Å². The standard InChI is InChI=1S/C54H33BN2O2/c1-6-21-46(57-49-24-9-4-18-41(49)42-19-5-10-25-50(42)57)38(15-1)36-27-29-43-44-20-12-26-52-54(44)55(59-53(43)33-36)45-32-35(28-30-51(45)58-52)34-13-11-14-37(31-34)56-47-22-7-2-16-39(47)40-17-3-8-23-48(40)56/h1-33H. The van der Waals surface area contributed by atoms with E-state index in [0.717, 1.165) is 72.9 Å². The van der Waals surface area contributed by atoms with Crippen LogP contribution in [0.3, 0.4) is 0 Å². The number of fused-ring (bicyclic) bond motifs is 10. The maximum absolute atomic E-state index is 7.18. The van der Waals surface area contributed by atoms with Crippen LogP contribution in [0.2, 0.25) is 0 Å². The maximum atomic E-state index is 7.18. The van der Waals surface area contributed by atoms with Crippen LogP contribution in [0.4, 0.5) is 0 Å². The molecular weight excluding hydrogens is 719 g/mol. The Labute approximate surface area is 340 Å². The molecule has 0 fully saturated rings. The number of para-hydroxylation sites is 5. The molecular formula is C54H33BN2O2. The molecule has 11 aromatic rings. The predicted molar refractivity (Wildman–Crippen MR) is 244 cm³/mol. The average Bonchev–Trinajstić information content (AvgIpc) is 3.82. The molecule has 4 heterocycles. The molecule has 5 heteroatoms. The zero-order valence-corrected chi connectivity index (χ0v) is 31.8. The Bertz CT molecular complexity index is 3430. The van der Waals surface area contributed by atoms with E-state index in [9.17, 15) is 0 Å². The smallest absolute Gasteiger partial charge is 0.434 e. The van der Waals surface area contributed by atoms with E-state index in [1.807, 2.05) is 0 Å². The van der Waals surface area contributed by atoms with Crippen molar-refractivity contribution in [1.29, 1.82) is 0 Å². The quantitative estimate of drug-likeness (QED) is 0.168. The second kappa shape index (κ2) is 12.4. The molecule has 274 valence electrons. The van der Waals surface area contributed by atoms with Crippen molar-refractivity contribution < 1.29 is 9.39 Å². The van der Waals surface area contributed by atoms with Gasteiger partial charge in [-0.15, -0.1) is 0 Å². The first-order chi connectivity index (χ1) is 29.3. The zero-order chi connectivity index (χ0) is 38.6. The van der Waals surface area contributed by atoms with E-state index in [2.05, 4.69) is 209 Å². The summed E-state index contributed by atoms with van der Waals surface area (Å²) < 4.78 is 18.6. The van der Waals surface area contributed by atoms with E-state index in [1.54, 1.807) is 0 Å². The minimum Gasteiger partial charge on any atom is -0.551 e. The first-order valence-corrected chi connectivity index (χ1v) is 20.2. The molecule has 0 bridgehead atoms. The number of nitrogens with zero attached hydrogens (tertiary/aromatic N) is 2. The highest BCUT2D eigenvalue weighted by Gasteiger charge is 2.41. The summed E-state index contributed by atoms with van der Waals surface area (Å²) in [5.41, 5.74) is 15.8. The second-order valence-corrected chi connectivity index (χ2v) is 15.6. The number of hydrogen-bond donors (Lipinski definition) is 0. The summed E-state index contributed by atoms with van der Waals surface area (Å²) in [6.45, 7) is -0.333. The van der Waals surface area contributed by atoms with Crippen LogP contribution in [-0.4, -0.2) is 16.0 Å². The number of rotatable bonds is 4. The highest BCUT2D eigenvalue weighted by atomic mass is 16.5. The molecule has 0 N–H and O–H groups in total. The summed E-state index contributed by atoms with van der Waals surface area (Å²) in [7, 11) is 0. The molecule has 0 saturated carbocycles. The summed E-state index contributed by atoms with van der Waals surface area (Å²) in [5.74, 6) is 2.52. The fourth-order valence-electron chi connectivity index (χ4n) is 9.82. The molecule has 0 saturated heterocycles. The minimum absolute atomic E-state index is 0.333. The Morgan fingerprint density at radius 2 is 0.932 bits per heavy atom. The van der Waals surface area contributed by atoms with E-state index >= 15 is 0 Å². The van der Waals surface area contributed by atoms with Crippen LogP contribution in [0.5, 0.6) is 17.2 Å². The molecule has 13 rings (SSSR count). The molecule has 59 heavy (non-hydrogen) atoms. The van der Waals surface area contributed by atoms with Gasteiger partial charge >= 0.3 is 6.92 Å². The van der Waals surface area contributed by atoms with Gasteiger partial charge < -0.3 is 18.5 Å². The molecule has 0 atom stereocenters. The number of hydrogen-bond acceptors (Lipinski definition) is 2. The summed E-state index contributed by atoms with van der Waals surface area (Å²) in [4.78, 5) is 0. The Kier molecular flexibility index (Phi) is 6.78. The zero-order valence-electron chi connectivity index (χ0n) is 31.8. The lowest BCUT2D eigenvalue weighted by Crippen LogP contribution is -2.53. The predicted octanol–water partition coefficient (Wildman–Crippen LogP) is 12.5. The van der Waals surface area contributed by atoms with Crippen LogP contribution in [-0.2, 0) is 0 Å². The normalized spacial score (nSPS) is 12.6. The van der Waals surface area contributed by atoms with E-state index < -0.39 is 0 Å². The first kappa shape index (κ1) is 32.3. The highest BCUT2D eigenvalue weighted by molar-refractivity contribution is 6.84. The molecule has 0 amide bonds. The van der Waals surface area contributed by atoms with E-state index in [1.165, 1.54) is 43.6 Å². The van der Waals surface area contributed by atoms with E-state index in [4.69, 9.17) is 9.39 Å². The Morgan fingerprint density at radius 1 is 0.356 bits per heavy atom. The van der Waals surface area contributed by atoms with Gasteiger partial charge in [0.05, 0.1) is 27.8 Å². The SMILES string of the molecule is c1cc(-c2ccc3c(c2)B2Oc4cc(-c5ccccc5-n5c6ccccc6c6ccccc65)ccc4-c4cccc(c42)O3)cc(-n2c3ccccc3c3ccccc32)c1. The molecule has 2 aliphatic rings. The Hall–Kier alpha value is -7.76. The number of ether oxygens (including phenoxy) is 1. The lowest BCUT2D eigenvalue weighted by Gasteiger charge is -2.33. The molecule has 4 nitrogen and oxygen atoms in total. The van der Waals surface area contributed by atoms with Crippen LogP contribution in [0.15, 0.2) is 200 Å². The van der Waals surface area contributed by atoms with Crippen molar-refractivity contribution in [3.05, 3.63) is 200 Å². The van der Waals surface area contributed by atoms with E-state index in [0.29, 0.717) is 0 Å². The van der Waals surface area contributed by atoms with Gasteiger partial charge in [-0.2, -0.15) is 0 Å². The van der Waals surface area contributed by atoms with Crippen molar-refractivity contribution in [2.45, 2.75) is 0 Å². The summed E-state index contributed by atoms with van der Waals surface area (Å²) >= 11 is 0.